The van der Waals surface area contributed by atoms with Crippen LogP contribution in [0.15, 0.2) is 28.8 Å². The lowest BCUT2D eigenvalue weighted by molar-refractivity contribution is 0.0689. The zero-order chi connectivity index (χ0) is 16.2. The number of nitrogens with zero attached hydrogens (tertiary/aromatic N) is 1. The van der Waals surface area contributed by atoms with E-state index in [1.807, 2.05) is 0 Å². The second kappa shape index (κ2) is 7.02. The van der Waals surface area contributed by atoms with Gasteiger partial charge in [-0.25, -0.2) is 4.79 Å². The van der Waals surface area contributed by atoms with Crippen molar-refractivity contribution in [2.24, 2.45) is 5.92 Å². The third kappa shape index (κ3) is 3.65. The fraction of sp³-hybridized carbons (Fsp3) is 0.375. The Labute approximate surface area is 138 Å². The van der Waals surface area contributed by atoms with Gasteiger partial charge in [0.15, 0.2) is 17.1 Å². The van der Waals surface area contributed by atoms with Gasteiger partial charge >= 0.3 is 5.97 Å². The van der Waals surface area contributed by atoms with Crippen molar-refractivity contribution in [2.75, 3.05) is 25.1 Å². The maximum Gasteiger partial charge on any atom is 0.343 e. The molecule has 0 saturated carbocycles. The predicted molar refractivity (Wildman–Crippen MR) is 85.9 cm³/mol. The molecule has 1 aliphatic heterocycles. The van der Waals surface area contributed by atoms with Crippen molar-refractivity contribution in [1.29, 1.82) is 0 Å². The molecule has 1 fully saturated rings. The van der Waals surface area contributed by atoms with Crippen molar-refractivity contribution in [2.45, 2.75) is 12.8 Å². The van der Waals surface area contributed by atoms with Gasteiger partial charge in [0.1, 0.15) is 0 Å². The summed E-state index contributed by atoms with van der Waals surface area (Å²) in [6, 6.07) is 6.77. The van der Waals surface area contributed by atoms with E-state index in [-0.39, 0.29) is 17.1 Å². The largest absolute Gasteiger partial charge is 0.477 e. The van der Waals surface area contributed by atoms with Gasteiger partial charge in [-0.1, -0.05) is 16.8 Å². The molecule has 1 aromatic carbocycles. The Kier molecular flexibility index (Phi) is 4.83. The summed E-state index contributed by atoms with van der Waals surface area (Å²) in [5.41, 5.74) is 0.665. The first-order valence-electron chi connectivity index (χ1n) is 7.45. The molecule has 0 aliphatic carbocycles. The molecular formula is C16H17ClN2O4. The summed E-state index contributed by atoms with van der Waals surface area (Å²) in [6.45, 7) is 2.14. The van der Waals surface area contributed by atoms with E-state index >= 15 is 0 Å². The molecule has 1 aliphatic rings. The molecular weight excluding hydrogens is 320 g/mol. The fourth-order valence-corrected chi connectivity index (χ4v) is 2.73. The number of halogens is 1. The van der Waals surface area contributed by atoms with Gasteiger partial charge in [0.05, 0.1) is 0 Å². The molecule has 122 valence electrons. The first kappa shape index (κ1) is 15.8. The van der Waals surface area contributed by atoms with Crippen LogP contribution < -0.4 is 5.32 Å². The minimum Gasteiger partial charge on any atom is -0.477 e. The number of carboxylic acids is 1. The van der Waals surface area contributed by atoms with Crippen molar-refractivity contribution in [1.82, 2.24) is 5.16 Å². The van der Waals surface area contributed by atoms with Crippen molar-refractivity contribution in [3.8, 4) is 11.3 Å². The summed E-state index contributed by atoms with van der Waals surface area (Å²) >= 11 is 5.86. The number of hydrogen-bond donors (Lipinski definition) is 2. The van der Waals surface area contributed by atoms with E-state index in [9.17, 15) is 9.90 Å². The first-order valence-corrected chi connectivity index (χ1v) is 7.83. The lowest BCUT2D eigenvalue weighted by Gasteiger charge is -2.22. The summed E-state index contributed by atoms with van der Waals surface area (Å²) in [4.78, 5) is 11.6. The molecule has 2 aromatic rings. The monoisotopic (exact) mass is 336 g/mol. The maximum atomic E-state index is 11.6. The normalized spacial score (nSPS) is 15.5. The topological polar surface area (TPSA) is 84.6 Å². The van der Waals surface area contributed by atoms with Crippen LogP contribution in [0.3, 0.4) is 0 Å². The van der Waals surface area contributed by atoms with Crippen molar-refractivity contribution in [3.63, 3.8) is 0 Å². The minimum atomic E-state index is -1.08. The van der Waals surface area contributed by atoms with Gasteiger partial charge in [-0.3, -0.25) is 0 Å². The van der Waals surface area contributed by atoms with Gasteiger partial charge in [0.2, 0.25) is 0 Å². The Hall–Kier alpha value is -2.05. The summed E-state index contributed by atoms with van der Waals surface area (Å²) in [5, 5.41) is 17.1. The molecule has 23 heavy (non-hydrogen) atoms. The molecule has 2 N–H and O–H groups in total. The molecule has 0 spiro atoms. The number of aromatic nitrogens is 1. The number of carbonyl (C=O) groups is 1. The van der Waals surface area contributed by atoms with E-state index in [4.69, 9.17) is 20.9 Å². The fourth-order valence-electron chi connectivity index (χ4n) is 2.60. The first-order chi connectivity index (χ1) is 11.1. The summed E-state index contributed by atoms with van der Waals surface area (Å²) in [5.74, 6) is -0.149. The molecule has 0 amide bonds. The minimum absolute atomic E-state index is 0.0411. The average molecular weight is 337 g/mol. The van der Waals surface area contributed by atoms with Gasteiger partial charge in [-0.15, -0.1) is 0 Å². The summed E-state index contributed by atoms with van der Waals surface area (Å²) in [7, 11) is 0. The molecule has 3 rings (SSSR count). The van der Waals surface area contributed by atoms with Gasteiger partial charge in [0, 0.05) is 30.3 Å². The summed E-state index contributed by atoms with van der Waals surface area (Å²) < 4.78 is 10.6. The summed E-state index contributed by atoms with van der Waals surface area (Å²) in [6.07, 6.45) is 1.91. The number of ether oxygens (including phenoxy) is 1. The highest BCUT2D eigenvalue weighted by Crippen LogP contribution is 2.30. The maximum absolute atomic E-state index is 11.6. The molecule has 1 saturated heterocycles. The highest BCUT2D eigenvalue weighted by atomic mass is 35.5. The predicted octanol–water partition coefficient (Wildman–Crippen LogP) is 3.53. The standard InChI is InChI=1S/C16H17ClN2O4/c17-12-3-1-11(2-4-12)14-13(16(20)21)15(19-23-14)18-9-10-5-7-22-8-6-10/h1-4,10H,5-9H2,(H,18,19)(H,20,21). The SMILES string of the molecule is O=C(O)c1c(NCC2CCOCC2)noc1-c1ccc(Cl)cc1. The molecule has 2 heterocycles. The van der Waals surface area contributed by atoms with Gasteiger partial charge in [-0.05, 0) is 43.0 Å². The lowest BCUT2D eigenvalue weighted by atomic mass is 10.0. The Morgan fingerprint density at radius 2 is 2.00 bits per heavy atom. The van der Waals surface area contributed by atoms with Crippen molar-refractivity contribution >= 4 is 23.4 Å². The van der Waals surface area contributed by atoms with Crippen LogP contribution in [-0.2, 0) is 4.74 Å². The highest BCUT2D eigenvalue weighted by molar-refractivity contribution is 6.30. The van der Waals surface area contributed by atoms with Crippen LogP contribution in [0.5, 0.6) is 0 Å². The van der Waals surface area contributed by atoms with E-state index in [1.165, 1.54) is 0 Å². The molecule has 0 atom stereocenters. The van der Waals surface area contributed by atoms with Crippen molar-refractivity contribution < 1.29 is 19.2 Å². The number of aromatic carboxylic acids is 1. The van der Waals surface area contributed by atoms with Crippen LogP contribution in [0.4, 0.5) is 5.82 Å². The number of anilines is 1. The quantitative estimate of drug-likeness (QED) is 0.868. The van der Waals surface area contributed by atoms with Crippen LogP contribution in [-0.4, -0.2) is 36.0 Å². The second-order valence-corrected chi connectivity index (χ2v) is 5.92. The Balaban J connectivity index is 1.80. The van der Waals surface area contributed by atoms with E-state index in [0.29, 0.717) is 23.0 Å². The van der Waals surface area contributed by atoms with E-state index in [0.717, 1.165) is 26.1 Å². The third-order valence-corrected chi connectivity index (χ3v) is 4.16. The highest BCUT2D eigenvalue weighted by Gasteiger charge is 2.24. The van der Waals surface area contributed by atoms with Crippen molar-refractivity contribution in [3.05, 3.63) is 34.9 Å². The van der Waals surface area contributed by atoms with E-state index in [1.54, 1.807) is 24.3 Å². The average Bonchev–Trinajstić information content (AvgIpc) is 2.99. The number of hydrogen-bond acceptors (Lipinski definition) is 5. The zero-order valence-electron chi connectivity index (χ0n) is 12.4. The molecule has 0 unspecified atom stereocenters. The Morgan fingerprint density at radius 3 is 2.65 bits per heavy atom. The number of benzene rings is 1. The van der Waals surface area contributed by atoms with E-state index < -0.39 is 5.97 Å². The van der Waals surface area contributed by atoms with Crippen LogP contribution in [0.25, 0.3) is 11.3 Å². The molecule has 7 heteroatoms. The molecule has 6 nitrogen and oxygen atoms in total. The Morgan fingerprint density at radius 1 is 1.30 bits per heavy atom. The van der Waals surface area contributed by atoms with Crippen LogP contribution >= 0.6 is 11.6 Å². The smallest absolute Gasteiger partial charge is 0.343 e. The molecule has 0 bridgehead atoms. The van der Waals surface area contributed by atoms with Gasteiger partial charge in [0.25, 0.3) is 0 Å². The van der Waals surface area contributed by atoms with Crippen LogP contribution in [0, 0.1) is 5.92 Å². The van der Waals surface area contributed by atoms with Crippen LogP contribution in [0.2, 0.25) is 5.02 Å². The molecule has 1 aromatic heterocycles. The zero-order valence-corrected chi connectivity index (χ0v) is 13.2. The van der Waals surface area contributed by atoms with Crippen LogP contribution in [0.1, 0.15) is 23.2 Å². The van der Waals surface area contributed by atoms with E-state index in [2.05, 4.69) is 10.5 Å². The third-order valence-electron chi connectivity index (χ3n) is 3.91. The Bertz CT molecular complexity index is 678. The second-order valence-electron chi connectivity index (χ2n) is 5.48. The number of carboxylic acid groups (broad SMARTS) is 1. The lowest BCUT2D eigenvalue weighted by Crippen LogP contribution is -2.23. The molecule has 0 radical (unpaired) electrons. The van der Waals surface area contributed by atoms with Gasteiger partial charge < -0.3 is 19.7 Å². The van der Waals surface area contributed by atoms with Gasteiger partial charge in [-0.2, -0.15) is 0 Å². The number of nitrogens with one attached hydrogen (secondary N) is 1. The number of rotatable bonds is 5.